The lowest BCUT2D eigenvalue weighted by molar-refractivity contribution is -0.141. The Bertz CT molecular complexity index is 1180. The van der Waals surface area contributed by atoms with Crippen LogP contribution in [-0.2, 0) is 16.2 Å². The molecule has 0 N–H and O–H groups in total. The van der Waals surface area contributed by atoms with Crippen molar-refractivity contribution < 1.29 is 21.6 Å². The van der Waals surface area contributed by atoms with E-state index in [9.17, 15) is 21.6 Å². The van der Waals surface area contributed by atoms with Gasteiger partial charge in [0.15, 0.2) is 5.69 Å². The first kappa shape index (κ1) is 21.6. The standard InChI is InChI=1S/C22H22F3N3O2S/c1-15-5-7-17(8-6-15)20-14-21(22(23,24)25)26-28(20)18-9-11-19(12-10-18)31(29,30)27-13-3-4-16(27)2/h5-12,14,16H,3-4,13H2,1-2H3. The van der Waals surface area contributed by atoms with Crippen molar-refractivity contribution in [1.82, 2.24) is 14.1 Å². The topological polar surface area (TPSA) is 55.2 Å². The predicted octanol–water partition coefficient (Wildman–Crippen LogP) is 5.04. The van der Waals surface area contributed by atoms with E-state index in [1.807, 2.05) is 26.0 Å². The molecule has 0 aliphatic carbocycles. The summed E-state index contributed by atoms with van der Waals surface area (Å²) in [6.45, 7) is 4.23. The summed E-state index contributed by atoms with van der Waals surface area (Å²) in [4.78, 5) is 0.116. The quantitative estimate of drug-likeness (QED) is 0.561. The van der Waals surface area contributed by atoms with Crippen LogP contribution >= 0.6 is 0 Å². The molecule has 0 saturated carbocycles. The number of rotatable bonds is 4. The van der Waals surface area contributed by atoms with Gasteiger partial charge in [0.1, 0.15) is 0 Å². The van der Waals surface area contributed by atoms with E-state index in [2.05, 4.69) is 5.10 Å². The van der Waals surface area contributed by atoms with Crippen molar-refractivity contribution in [1.29, 1.82) is 0 Å². The molecule has 0 amide bonds. The van der Waals surface area contributed by atoms with Crippen molar-refractivity contribution in [2.75, 3.05) is 6.54 Å². The van der Waals surface area contributed by atoms with Gasteiger partial charge in [0.2, 0.25) is 10.0 Å². The summed E-state index contributed by atoms with van der Waals surface area (Å²) in [5.41, 5.74) is 1.18. The summed E-state index contributed by atoms with van der Waals surface area (Å²) in [5.74, 6) is 0. The van der Waals surface area contributed by atoms with Crippen molar-refractivity contribution in [3.8, 4) is 16.9 Å². The highest BCUT2D eigenvalue weighted by molar-refractivity contribution is 7.89. The fourth-order valence-electron chi connectivity index (χ4n) is 3.81. The van der Waals surface area contributed by atoms with Gasteiger partial charge < -0.3 is 0 Å². The number of sulfonamides is 1. The lowest BCUT2D eigenvalue weighted by atomic mass is 10.1. The highest BCUT2D eigenvalue weighted by Crippen LogP contribution is 2.34. The zero-order valence-electron chi connectivity index (χ0n) is 17.1. The summed E-state index contributed by atoms with van der Waals surface area (Å²) >= 11 is 0. The molecule has 31 heavy (non-hydrogen) atoms. The van der Waals surface area contributed by atoms with Crippen molar-refractivity contribution in [3.63, 3.8) is 0 Å². The number of alkyl halides is 3. The lowest BCUT2D eigenvalue weighted by Gasteiger charge is -2.21. The summed E-state index contributed by atoms with van der Waals surface area (Å²) in [6, 6.07) is 13.8. The molecule has 1 atom stereocenters. The lowest BCUT2D eigenvalue weighted by Crippen LogP contribution is -2.33. The molecule has 0 radical (unpaired) electrons. The van der Waals surface area contributed by atoms with Gasteiger partial charge in [0, 0.05) is 18.2 Å². The van der Waals surface area contributed by atoms with Crippen molar-refractivity contribution in [2.24, 2.45) is 0 Å². The number of benzene rings is 2. The third kappa shape index (κ3) is 4.12. The third-order valence-corrected chi connectivity index (χ3v) is 7.55. The average Bonchev–Trinajstić information content (AvgIpc) is 3.35. The van der Waals surface area contributed by atoms with Gasteiger partial charge in [-0.15, -0.1) is 0 Å². The third-order valence-electron chi connectivity index (χ3n) is 5.53. The predicted molar refractivity (Wildman–Crippen MR) is 111 cm³/mol. The second-order valence-electron chi connectivity index (χ2n) is 7.79. The molecule has 0 spiro atoms. The van der Waals surface area contributed by atoms with Crippen LogP contribution < -0.4 is 0 Å². The molecule has 3 aromatic rings. The molecule has 5 nitrogen and oxygen atoms in total. The minimum Gasteiger partial charge on any atom is -0.233 e. The Morgan fingerprint density at radius 1 is 1.03 bits per heavy atom. The molecule has 1 aliphatic rings. The Morgan fingerprint density at radius 3 is 2.23 bits per heavy atom. The Balaban J connectivity index is 1.75. The Labute approximate surface area is 179 Å². The van der Waals surface area contributed by atoms with Crippen LogP contribution in [0, 0.1) is 6.92 Å². The van der Waals surface area contributed by atoms with Gasteiger partial charge in [0.25, 0.3) is 0 Å². The second-order valence-corrected chi connectivity index (χ2v) is 9.68. The van der Waals surface area contributed by atoms with E-state index in [0.29, 0.717) is 17.8 Å². The van der Waals surface area contributed by atoms with Crippen LogP contribution in [0.3, 0.4) is 0 Å². The van der Waals surface area contributed by atoms with E-state index in [4.69, 9.17) is 0 Å². The molecule has 164 valence electrons. The largest absolute Gasteiger partial charge is 0.435 e. The van der Waals surface area contributed by atoms with E-state index in [1.54, 1.807) is 12.1 Å². The Morgan fingerprint density at radius 2 is 1.68 bits per heavy atom. The maximum Gasteiger partial charge on any atom is 0.435 e. The van der Waals surface area contributed by atoms with Gasteiger partial charge >= 0.3 is 6.18 Å². The summed E-state index contributed by atoms with van der Waals surface area (Å²) in [5, 5.41) is 3.76. The van der Waals surface area contributed by atoms with E-state index >= 15 is 0 Å². The number of hydrogen-bond acceptors (Lipinski definition) is 3. The second kappa shape index (κ2) is 7.80. The van der Waals surface area contributed by atoms with Gasteiger partial charge in [-0.25, -0.2) is 13.1 Å². The molecule has 2 heterocycles. The van der Waals surface area contributed by atoms with E-state index in [0.717, 1.165) is 24.5 Å². The molecule has 1 aromatic heterocycles. The molecule has 2 aromatic carbocycles. The van der Waals surface area contributed by atoms with Gasteiger partial charge in [-0.2, -0.15) is 22.6 Å². The number of nitrogens with zero attached hydrogens (tertiary/aromatic N) is 3. The number of aryl methyl sites for hydroxylation is 1. The molecule has 9 heteroatoms. The van der Waals surface area contributed by atoms with Crippen LogP contribution in [-0.4, -0.2) is 35.1 Å². The van der Waals surface area contributed by atoms with Gasteiger partial charge in [0.05, 0.1) is 16.3 Å². The zero-order valence-corrected chi connectivity index (χ0v) is 17.9. The number of halogens is 3. The molecular formula is C22H22F3N3O2S. The minimum atomic E-state index is -4.60. The van der Waals surface area contributed by atoms with Crippen LogP contribution in [0.15, 0.2) is 59.5 Å². The molecule has 1 unspecified atom stereocenters. The minimum absolute atomic E-state index is 0.0710. The van der Waals surface area contributed by atoms with E-state index < -0.39 is 21.9 Å². The summed E-state index contributed by atoms with van der Waals surface area (Å²) < 4.78 is 68.5. The normalized spacial score (nSPS) is 17.9. The summed E-state index contributed by atoms with van der Waals surface area (Å²) in [7, 11) is -3.65. The molecule has 1 saturated heterocycles. The highest BCUT2D eigenvalue weighted by atomic mass is 32.2. The van der Waals surface area contributed by atoms with Crippen LogP contribution in [0.25, 0.3) is 16.9 Å². The first-order valence-corrected chi connectivity index (χ1v) is 11.4. The van der Waals surface area contributed by atoms with Gasteiger partial charge in [-0.3, -0.25) is 0 Å². The zero-order chi connectivity index (χ0) is 22.4. The van der Waals surface area contributed by atoms with Gasteiger partial charge in [-0.05, 0) is 57.0 Å². The number of hydrogen-bond donors (Lipinski definition) is 0. The Kier molecular flexibility index (Phi) is 5.43. The van der Waals surface area contributed by atoms with Gasteiger partial charge in [-0.1, -0.05) is 29.8 Å². The maximum absolute atomic E-state index is 13.3. The van der Waals surface area contributed by atoms with Crippen molar-refractivity contribution in [2.45, 2.75) is 43.8 Å². The van der Waals surface area contributed by atoms with Crippen LogP contribution in [0.1, 0.15) is 31.0 Å². The fourth-order valence-corrected chi connectivity index (χ4v) is 5.50. The first-order chi connectivity index (χ1) is 14.6. The molecule has 1 fully saturated rings. The smallest absolute Gasteiger partial charge is 0.233 e. The first-order valence-electron chi connectivity index (χ1n) is 9.94. The van der Waals surface area contributed by atoms with Crippen molar-refractivity contribution >= 4 is 10.0 Å². The van der Waals surface area contributed by atoms with Crippen LogP contribution in [0.4, 0.5) is 13.2 Å². The molecule has 4 rings (SSSR count). The van der Waals surface area contributed by atoms with E-state index in [-0.39, 0.29) is 16.6 Å². The highest BCUT2D eigenvalue weighted by Gasteiger charge is 2.36. The summed E-state index contributed by atoms with van der Waals surface area (Å²) in [6.07, 6.45) is -2.98. The fraction of sp³-hybridized carbons (Fsp3) is 0.318. The SMILES string of the molecule is Cc1ccc(-c2cc(C(F)(F)F)nn2-c2ccc(S(=O)(=O)N3CCCC3C)cc2)cc1. The monoisotopic (exact) mass is 449 g/mol. The number of aromatic nitrogens is 2. The molecule has 1 aliphatic heterocycles. The maximum atomic E-state index is 13.3. The molecular weight excluding hydrogens is 427 g/mol. The average molecular weight is 449 g/mol. The molecule has 0 bridgehead atoms. The van der Waals surface area contributed by atoms with E-state index in [1.165, 1.54) is 33.3 Å². The Hall–Kier alpha value is -2.65. The van der Waals surface area contributed by atoms with Crippen LogP contribution in [0.5, 0.6) is 0 Å². The van der Waals surface area contributed by atoms with Crippen molar-refractivity contribution in [3.05, 3.63) is 65.9 Å². The van der Waals surface area contributed by atoms with Crippen LogP contribution in [0.2, 0.25) is 0 Å².